The monoisotopic (exact) mass is 480 g/mol. The Morgan fingerprint density at radius 2 is 1.68 bits per heavy atom. The number of amides is 1. The van der Waals surface area contributed by atoms with Gasteiger partial charge in [-0.05, 0) is 63.2 Å². The summed E-state index contributed by atoms with van der Waals surface area (Å²) in [7, 11) is -2.24. The molecule has 0 spiro atoms. The van der Waals surface area contributed by atoms with Gasteiger partial charge in [0.15, 0.2) is 5.78 Å². The van der Waals surface area contributed by atoms with E-state index in [2.05, 4.69) is 5.32 Å². The first kappa shape index (κ1) is 25.1. The molecule has 8 heteroatoms. The Balaban J connectivity index is 1.87. The van der Waals surface area contributed by atoms with Crippen LogP contribution in [-0.2, 0) is 16.6 Å². The van der Waals surface area contributed by atoms with Gasteiger partial charge in [-0.15, -0.1) is 0 Å². The molecule has 0 saturated carbocycles. The second-order valence-electron chi connectivity index (χ2n) is 7.92. The Bertz CT molecular complexity index is 1300. The molecule has 0 aliphatic rings. The molecule has 34 heavy (non-hydrogen) atoms. The Hall–Kier alpha value is -3.49. The molecule has 0 fully saturated rings. The number of hydrogen-bond acceptors (Lipinski definition) is 5. The molecule has 3 aromatic rings. The molecule has 7 nitrogen and oxygen atoms in total. The third-order valence-electron chi connectivity index (χ3n) is 5.27. The average Bonchev–Trinajstić information content (AvgIpc) is 2.80. The van der Waals surface area contributed by atoms with E-state index in [1.54, 1.807) is 66.7 Å². The van der Waals surface area contributed by atoms with Crippen molar-refractivity contribution in [1.29, 1.82) is 0 Å². The molecule has 0 heterocycles. The van der Waals surface area contributed by atoms with Gasteiger partial charge in [0.2, 0.25) is 10.0 Å². The van der Waals surface area contributed by atoms with Crippen molar-refractivity contribution in [3.8, 4) is 5.75 Å². The first-order valence-corrected chi connectivity index (χ1v) is 12.3. The van der Waals surface area contributed by atoms with Crippen LogP contribution in [0.25, 0.3) is 0 Å². The number of nitrogens with zero attached hydrogens (tertiary/aromatic N) is 1. The van der Waals surface area contributed by atoms with Crippen LogP contribution >= 0.6 is 0 Å². The number of Topliss-reactive ketones (excluding diaryl/α,β-unsaturated/α-hetero) is 1. The maximum Gasteiger partial charge on any atom is 0.255 e. The van der Waals surface area contributed by atoms with Gasteiger partial charge < -0.3 is 10.1 Å². The summed E-state index contributed by atoms with van der Waals surface area (Å²) in [5.41, 5.74) is 2.85. The minimum atomic E-state index is -3.73. The molecule has 0 bridgehead atoms. The standard InChI is InChI=1S/C26H28N2O5S/c1-5-33-25-14-11-21(26(30)27-23-8-6-7-20(16-23)19(3)29)15-22(25)17-28(4)34(31,32)24-12-9-18(2)10-13-24/h6-16H,5,17H2,1-4H3,(H,27,30). The van der Waals surface area contributed by atoms with Gasteiger partial charge in [-0.1, -0.05) is 29.8 Å². The van der Waals surface area contributed by atoms with Crippen LogP contribution in [0.4, 0.5) is 5.69 Å². The van der Waals surface area contributed by atoms with E-state index in [9.17, 15) is 18.0 Å². The van der Waals surface area contributed by atoms with E-state index in [-0.39, 0.29) is 23.1 Å². The van der Waals surface area contributed by atoms with Crippen molar-refractivity contribution in [2.45, 2.75) is 32.2 Å². The first-order chi connectivity index (χ1) is 16.1. The van der Waals surface area contributed by atoms with Crippen LogP contribution < -0.4 is 10.1 Å². The molecule has 3 aromatic carbocycles. The highest BCUT2D eigenvalue weighted by Gasteiger charge is 2.23. The van der Waals surface area contributed by atoms with Crippen molar-refractivity contribution in [3.05, 3.63) is 89.0 Å². The minimum absolute atomic E-state index is 0.0203. The van der Waals surface area contributed by atoms with E-state index in [0.29, 0.717) is 34.7 Å². The Morgan fingerprint density at radius 3 is 2.32 bits per heavy atom. The molecule has 0 atom stereocenters. The molecule has 0 saturated heterocycles. The topological polar surface area (TPSA) is 92.8 Å². The van der Waals surface area contributed by atoms with Crippen LogP contribution in [0.3, 0.4) is 0 Å². The van der Waals surface area contributed by atoms with E-state index in [1.165, 1.54) is 18.3 Å². The molecule has 0 aliphatic carbocycles. The third kappa shape index (κ3) is 5.89. The molecule has 1 amide bonds. The van der Waals surface area contributed by atoms with Gasteiger partial charge in [0, 0.05) is 36.0 Å². The number of aryl methyl sites for hydroxylation is 1. The summed E-state index contributed by atoms with van der Waals surface area (Å²) in [6.45, 7) is 5.60. The number of nitrogens with one attached hydrogen (secondary N) is 1. The molecule has 178 valence electrons. The highest BCUT2D eigenvalue weighted by molar-refractivity contribution is 7.89. The summed E-state index contributed by atoms with van der Waals surface area (Å²) in [4.78, 5) is 24.7. The number of carbonyl (C=O) groups is 2. The van der Waals surface area contributed by atoms with Gasteiger partial charge in [0.05, 0.1) is 11.5 Å². The number of benzene rings is 3. The molecule has 0 aromatic heterocycles. The van der Waals surface area contributed by atoms with E-state index in [1.807, 2.05) is 13.8 Å². The molecular weight excluding hydrogens is 452 g/mol. The number of ether oxygens (including phenoxy) is 1. The first-order valence-electron chi connectivity index (χ1n) is 10.8. The largest absolute Gasteiger partial charge is 0.494 e. The van der Waals surface area contributed by atoms with Crippen LogP contribution in [0.15, 0.2) is 71.6 Å². The fraction of sp³-hybridized carbons (Fsp3) is 0.231. The smallest absolute Gasteiger partial charge is 0.255 e. The van der Waals surface area contributed by atoms with Gasteiger partial charge >= 0.3 is 0 Å². The summed E-state index contributed by atoms with van der Waals surface area (Å²) in [6.07, 6.45) is 0. The van der Waals surface area contributed by atoms with E-state index in [4.69, 9.17) is 4.74 Å². The second-order valence-corrected chi connectivity index (χ2v) is 9.97. The lowest BCUT2D eigenvalue weighted by molar-refractivity contribution is 0.101. The summed E-state index contributed by atoms with van der Waals surface area (Å²) < 4.78 is 33.0. The van der Waals surface area contributed by atoms with Crippen LogP contribution in [0.1, 0.15) is 45.7 Å². The maximum absolute atomic E-state index is 13.0. The SMILES string of the molecule is CCOc1ccc(C(=O)Nc2cccc(C(C)=O)c2)cc1CN(C)S(=O)(=O)c1ccc(C)cc1. The zero-order valence-electron chi connectivity index (χ0n) is 19.7. The summed E-state index contributed by atoms with van der Waals surface area (Å²) in [5.74, 6) is 0.0231. The molecule has 0 unspecified atom stereocenters. The lowest BCUT2D eigenvalue weighted by atomic mass is 10.1. The summed E-state index contributed by atoms with van der Waals surface area (Å²) >= 11 is 0. The number of anilines is 1. The van der Waals surface area contributed by atoms with Crippen molar-refractivity contribution in [1.82, 2.24) is 4.31 Å². The average molecular weight is 481 g/mol. The zero-order chi connectivity index (χ0) is 24.9. The molecule has 1 N–H and O–H groups in total. The lowest BCUT2D eigenvalue weighted by Crippen LogP contribution is -2.27. The maximum atomic E-state index is 13.0. The van der Waals surface area contributed by atoms with Crippen molar-refractivity contribution >= 4 is 27.4 Å². The van der Waals surface area contributed by atoms with E-state index < -0.39 is 10.0 Å². The fourth-order valence-corrected chi connectivity index (χ4v) is 4.52. The predicted molar refractivity (Wildman–Crippen MR) is 132 cm³/mol. The number of ketones is 1. The summed E-state index contributed by atoms with van der Waals surface area (Å²) in [6, 6.07) is 18.2. The van der Waals surface area contributed by atoms with Crippen LogP contribution in [-0.4, -0.2) is 38.1 Å². The number of hydrogen-bond donors (Lipinski definition) is 1. The molecule has 0 aliphatic heterocycles. The molecule has 3 rings (SSSR count). The number of sulfonamides is 1. The van der Waals surface area contributed by atoms with Crippen molar-refractivity contribution in [2.75, 3.05) is 19.0 Å². The van der Waals surface area contributed by atoms with Crippen molar-refractivity contribution < 1.29 is 22.7 Å². The van der Waals surface area contributed by atoms with Gasteiger partial charge in [-0.25, -0.2) is 8.42 Å². The quantitative estimate of drug-likeness (QED) is 0.449. The molecule has 0 radical (unpaired) electrons. The minimum Gasteiger partial charge on any atom is -0.494 e. The summed E-state index contributed by atoms with van der Waals surface area (Å²) in [5, 5.41) is 2.78. The highest BCUT2D eigenvalue weighted by Crippen LogP contribution is 2.25. The Labute approximate surface area is 200 Å². The van der Waals surface area contributed by atoms with Crippen molar-refractivity contribution in [3.63, 3.8) is 0 Å². The molecular formula is C26H28N2O5S. The second kappa shape index (κ2) is 10.6. The van der Waals surface area contributed by atoms with E-state index >= 15 is 0 Å². The lowest BCUT2D eigenvalue weighted by Gasteiger charge is -2.20. The number of carbonyl (C=O) groups excluding carboxylic acids is 2. The van der Waals surface area contributed by atoms with Gasteiger partial charge in [0.1, 0.15) is 5.75 Å². The van der Waals surface area contributed by atoms with Crippen LogP contribution in [0.5, 0.6) is 5.75 Å². The zero-order valence-corrected chi connectivity index (χ0v) is 20.5. The van der Waals surface area contributed by atoms with E-state index in [0.717, 1.165) is 5.56 Å². The fourth-order valence-electron chi connectivity index (χ4n) is 3.37. The van der Waals surface area contributed by atoms with Gasteiger partial charge in [-0.3, -0.25) is 9.59 Å². The Morgan fingerprint density at radius 1 is 0.971 bits per heavy atom. The van der Waals surface area contributed by atoms with Crippen molar-refractivity contribution in [2.24, 2.45) is 0 Å². The van der Waals surface area contributed by atoms with Crippen LogP contribution in [0, 0.1) is 6.92 Å². The van der Waals surface area contributed by atoms with Gasteiger partial charge in [0.25, 0.3) is 5.91 Å². The third-order valence-corrected chi connectivity index (χ3v) is 7.09. The van der Waals surface area contributed by atoms with Crippen LogP contribution in [0.2, 0.25) is 0 Å². The number of rotatable bonds is 9. The van der Waals surface area contributed by atoms with Gasteiger partial charge in [-0.2, -0.15) is 4.31 Å². The Kier molecular flexibility index (Phi) is 7.86. The normalized spacial score (nSPS) is 11.3. The predicted octanol–water partition coefficient (Wildman–Crippen LogP) is 4.67. The highest BCUT2D eigenvalue weighted by atomic mass is 32.2.